The minimum absolute atomic E-state index is 0.000900. The highest BCUT2D eigenvalue weighted by atomic mass is 16.2. The van der Waals surface area contributed by atoms with Crippen LogP contribution >= 0.6 is 0 Å². The molecule has 2 heterocycles. The Morgan fingerprint density at radius 3 is 2.36 bits per heavy atom. The van der Waals surface area contributed by atoms with Crippen molar-refractivity contribution in [2.24, 2.45) is 0 Å². The van der Waals surface area contributed by atoms with Crippen LogP contribution in [0.15, 0.2) is 42.6 Å². The molecule has 6 nitrogen and oxygen atoms in total. The number of nitrogens with one attached hydrogen (secondary N) is 1. The lowest BCUT2D eigenvalue weighted by Gasteiger charge is -2.36. The molecule has 2 aromatic rings. The highest BCUT2D eigenvalue weighted by Crippen LogP contribution is 2.20. The highest BCUT2D eigenvalue weighted by molar-refractivity contribution is 5.92. The van der Waals surface area contributed by atoms with Crippen LogP contribution in [0.1, 0.15) is 49.0 Å². The monoisotopic (exact) mass is 379 g/mol. The van der Waals surface area contributed by atoms with E-state index in [0.29, 0.717) is 30.8 Å². The third-order valence-corrected chi connectivity index (χ3v) is 5.75. The maximum Gasteiger partial charge on any atom is 0.272 e. The van der Waals surface area contributed by atoms with Crippen LogP contribution < -0.4 is 10.2 Å². The first kappa shape index (κ1) is 18.7. The molecule has 6 heteroatoms. The van der Waals surface area contributed by atoms with Gasteiger partial charge in [0.15, 0.2) is 0 Å². The third kappa shape index (κ3) is 4.61. The van der Waals surface area contributed by atoms with Gasteiger partial charge >= 0.3 is 0 Å². The molecule has 1 amide bonds. The Balaban J connectivity index is 1.36. The first-order valence-corrected chi connectivity index (χ1v) is 10.5. The van der Waals surface area contributed by atoms with Crippen molar-refractivity contribution in [3.63, 3.8) is 0 Å². The molecule has 1 aromatic heterocycles. The van der Waals surface area contributed by atoms with E-state index >= 15 is 0 Å². The number of para-hydroxylation sites is 1. The largest absolute Gasteiger partial charge is 0.368 e. The minimum Gasteiger partial charge on any atom is -0.368 e. The third-order valence-electron chi connectivity index (χ3n) is 5.75. The molecule has 0 unspecified atom stereocenters. The zero-order valence-electron chi connectivity index (χ0n) is 16.4. The molecule has 4 rings (SSSR count). The van der Waals surface area contributed by atoms with Gasteiger partial charge in [-0.25, -0.2) is 9.97 Å². The Labute approximate surface area is 167 Å². The Hall–Kier alpha value is -2.63. The van der Waals surface area contributed by atoms with Gasteiger partial charge in [-0.05, 0) is 31.0 Å². The summed E-state index contributed by atoms with van der Waals surface area (Å²) in [6.45, 7) is 3.11. The molecule has 0 bridgehead atoms. The molecular weight excluding hydrogens is 350 g/mol. The number of hydrogen-bond donors (Lipinski definition) is 1. The van der Waals surface area contributed by atoms with Crippen LogP contribution in [0.5, 0.6) is 0 Å². The zero-order valence-corrected chi connectivity index (χ0v) is 16.4. The molecule has 28 heavy (non-hydrogen) atoms. The maximum absolute atomic E-state index is 12.9. The van der Waals surface area contributed by atoms with Crippen LogP contribution in [0.3, 0.4) is 0 Å². The predicted octanol–water partition coefficient (Wildman–Crippen LogP) is 3.57. The van der Waals surface area contributed by atoms with Crippen LogP contribution in [-0.2, 0) is 0 Å². The fourth-order valence-corrected chi connectivity index (χ4v) is 4.12. The normalized spacial score (nSPS) is 18.6. The molecule has 1 aliphatic heterocycles. The van der Waals surface area contributed by atoms with Crippen molar-refractivity contribution in [3.8, 4) is 0 Å². The molecular formula is C22H29N5O. The molecule has 2 aliphatic rings. The van der Waals surface area contributed by atoms with Crippen molar-refractivity contribution >= 4 is 17.5 Å². The van der Waals surface area contributed by atoms with Crippen molar-refractivity contribution in [3.05, 3.63) is 48.3 Å². The summed E-state index contributed by atoms with van der Waals surface area (Å²) in [6.07, 6.45) is 9.13. The number of aromatic nitrogens is 2. The number of benzene rings is 1. The van der Waals surface area contributed by atoms with E-state index in [9.17, 15) is 4.79 Å². The van der Waals surface area contributed by atoms with Crippen LogP contribution in [0.4, 0.5) is 11.6 Å². The maximum atomic E-state index is 12.9. The number of piperazine rings is 1. The van der Waals surface area contributed by atoms with Gasteiger partial charge < -0.3 is 15.1 Å². The van der Waals surface area contributed by atoms with Gasteiger partial charge in [0.1, 0.15) is 5.69 Å². The van der Waals surface area contributed by atoms with Gasteiger partial charge in [0.2, 0.25) is 5.95 Å². The van der Waals surface area contributed by atoms with E-state index in [-0.39, 0.29) is 5.91 Å². The number of rotatable bonds is 4. The van der Waals surface area contributed by atoms with Crippen molar-refractivity contribution < 1.29 is 4.79 Å². The SMILES string of the molecule is O=C(c1ccnc(NC2CCCCCC2)n1)N1CCN(c2ccccc2)CC1. The van der Waals surface area contributed by atoms with Crippen molar-refractivity contribution in [1.82, 2.24) is 14.9 Å². The standard InChI is InChI=1S/C22H29N5O/c28-21(27-16-14-26(15-17-27)19-10-6-3-7-11-19)20-12-13-23-22(25-20)24-18-8-4-1-2-5-9-18/h3,6-7,10-13,18H,1-2,4-5,8-9,14-17H2,(H,23,24,25). The summed E-state index contributed by atoms with van der Waals surface area (Å²) in [5.41, 5.74) is 1.70. The number of amides is 1. The topological polar surface area (TPSA) is 61.4 Å². The van der Waals surface area contributed by atoms with Crippen molar-refractivity contribution in [2.75, 3.05) is 36.4 Å². The average Bonchev–Trinajstić information content (AvgIpc) is 3.03. The molecule has 0 spiro atoms. The minimum atomic E-state index is -0.000900. The smallest absolute Gasteiger partial charge is 0.272 e. The fraction of sp³-hybridized carbons (Fsp3) is 0.500. The lowest BCUT2D eigenvalue weighted by atomic mass is 10.1. The van der Waals surface area contributed by atoms with E-state index in [0.717, 1.165) is 25.9 Å². The summed E-state index contributed by atoms with van der Waals surface area (Å²) in [7, 11) is 0. The molecule has 0 atom stereocenters. The quantitative estimate of drug-likeness (QED) is 0.823. The predicted molar refractivity (Wildman–Crippen MR) is 112 cm³/mol. The molecule has 1 saturated heterocycles. The molecule has 1 saturated carbocycles. The number of hydrogen-bond acceptors (Lipinski definition) is 5. The summed E-state index contributed by atoms with van der Waals surface area (Å²) in [4.78, 5) is 26.0. The lowest BCUT2D eigenvalue weighted by Crippen LogP contribution is -2.49. The summed E-state index contributed by atoms with van der Waals surface area (Å²) in [5, 5.41) is 3.45. The Morgan fingerprint density at radius 2 is 1.64 bits per heavy atom. The van der Waals surface area contributed by atoms with E-state index in [1.165, 1.54) is 31.4 Å². The second-order valence-electron chi connectivity index (χ2n) is 7.71. The molecule has 0 radical (unpaired) electrons. The Bertz CT molecular complexity index is 766. The van der Waals surface area contributed by atoms with E-state index in [4.69, 9.17) is 0 Å². The van der Waals surface area contributed by atoms with Gasteiger partial charge in [-0.1, -0.05) is 43.9 Å². The van der Waals surface area contributed by atoms with Gasteiger partial charge in [-0.15, -0.1) is 0 Å². The molecule has 148 valence electrons. The Kier molecular flexibility index (Phi) is 6.04. The van der Waals surface area contributed by atoms with Crippen molar-refractivity contribution in [2.45, 2.75) is 44.6 Å². The number of nitrogens with zero attached hydrogens (tertiary/aromatic N) is 4. The second kappa shape index (κ2) is 9.04. The van der Waals surface area contributed by atoms with Gasteiger partial charge in [0, 0.05) is 44.1 Å². The van der Waals surface area contributed by atoms with Gasteiger partial charge in [0.25, 0.3) is 5.91 Å². The summed E-state index contributed by atoms with van der Waals surface area (Å²) < 4.78 is 0. The van der Waals surface area contributed by atoms with Crippen LogP contribution in [-0.4, -0.2) is 53.0 Å². The summed E-state index contributed by atoms with van der Waals surface area (Å²) >= 11 is 0. The van der Waals surface area contributed by atoms with E-state index in [1.54, 1.807) is 12.3 Å². The molecule has 1 N–H and O–H groups in total. The van der Waals surface area contributed by atoms with E-state index in [2.05, 4.69) is 44.5 Å². The van der Waals surface area contributed by atoms with Crippen LogP contribution in [0.2, 0.25) is 0 Å². The van der Waals surface area contributed by atoms with E-state index in [1.807, 2.05) is 11.0 Å². The second-order valence-corrected chi connectivity index (χ2v) is 7.71. The zero-order chi connectivity index (χ0) is 19.2. The van der Waals surface area contributed by atoms with Crippen LogP contribution in [0.25, 0.3) is 0 Å². The average molecular weight is 380 g/mol. The van der Waals surface area contributed by atoms with Crippen molar-refractivity contribution in [1.29, 1.82) is 0 Å². The highest BCUT2D eigenvalue weighted by Gasteiger charge is 2.23. The number of anilines is 2. The number of carbonyl (C=O) groups is 1. The molecule has 1 aliphatic carbocycles. The summed E-state index contributed by atoms with van der Waals surface area (Å²) in [5.74, 6) is 0.583. The van der Waals surface area contributed by atoms with Gasteiger partial charge in [-0.3, -0.25) is 4.79 Å². The summed E-state index contributed by atoms with van der Waals surface area (Å²) in [6, 6.07) is 12.5. The first-order chi connectivity index (χ1) is 13.8. The van der Waals surface area contributed by atoms with Gasteiger partial charge in [0.05, 0.1) is 0 Å². The first-order valence-electron chi connectivity index (χ1n) is 10.5. The molecule has 2 fully saturated rings. The van der Waals surface area contributed by atoms with E-state index < -0.39 is 0 Å². The molecule has 1 aromatic carbocycles. The van der Waals surface area contributed by atoms with Crippen LogP contribution in [0, 0.1) is 0 Å². The Morgan fingerprint density at radius 1 is 0.929 bits per heavy atom. The van der Waals surface area contributed by atoms with Gasteiger partial charge in [-0.2, -0.15) is 0 Å². The number of carbonyl (C=O) groups excluding carboxylic acids is 1. The fourth-order valence-electron chi connectivity index (χ4n) is 4.12. The lowest BCUT2D eigenvalue weighted by molar-refractivity contribution is 0.0741.